The second kappa shape index (κ2) is 6.05. The van der Waals surface area contributed by atoms with E-state index in [1.54, 1.807) is 0 Å². The summed E-state index contributed by atoms with van der Waals surface area (Å²) in [6.07, 6.45) is -0.725. The third kappa shape index (κ3) is 4.08. The van der Waals surface area contributed by atoms with Crippen LogP contribution in [0.15, 0.2) is 12.1 Å². The Bertz CT molecular complexity index is 445. The Morgan fingerprint density at radius 2 is 1.78 bits per heavy atom. The molecule has 0 atom stereocenters. The fourth-order valence-corrected chi connectivity index (χ4v) is 1.77. The lowest BCUT2D eigenvalue weighted by molar-refractivity contribution is -0.135. The SMILES string of the molecule is Cc1cc(C)c(COC(=O)NCC(=O)O)c(C)c1. The second-order valence-electron chi connectivity index (χ2n) is 4.20. The fourth-order valence-electron chi connectivity index (χ4n) is 1.77. The van der Waals surface area contributed by atoms with Gasteiger partial charge in [0.2, 0.25) is 0 Å². The van der Waals surface area contributed by atoms with Crippen molar-refractivity contribution in [2.45, 2.75) is 27.4 Å². The van der Waals surface area contributed by atoms with Crippen molar-refractivity contribution in [3.05, 3.63) is 34.4 Å². The molecule has 5 nitrogen and oxygen atoms in total. The molecule has 0 aromatic heterocycles. The first-order valence-corrected chi connectivity index (χ1v) is 5.59. The number of hydrogen-bond donors (Lipinski definition) is 2. The quantitative estimate of drug-likeness (QED) is 0.857. The van der Waals surface area contributed by atoms with Gasteiger partial charge >= 0.3 is 12.1 Å². The summed E-state index contributed by atoms with van der Waals surface area (Å²) < 4.78 is 4.97. The molecule has 0 saturated carbocycles. The zero-order valence-corrected chi connectivity index (χ0v) is 10.7. The van der Waals surface area contributed by atoms with Gasteiger partial charge in [0.25, 0.3) is 0 Å². The van der Waals surface area contributed by atoms with Gasteiger partial charge in [0, 0.05) is 0 Å². The van der Waals surface area contributed by atoms with E-state index in [0.29, 0.717) is 0 Å². The molecule has 1 aromatic carbocycles. The number of aryl methyl sites for hydroxylation is 3. The average Bonchev–Trinajstić information content (AvgIpc) is 2.24. The Morgan fingerprint density at radius 3 is 2.28 bits per heavy atom. The molecule has 0 unspecified atom stereocenters. The molecule has 0 heterocycles. The molecule has 1 rings (SSSR count). The summed E-state index contributed by atoms with van der Waals surface area (Å²) in [6, 6.07) is 4.03. The monoisotopic (exact) mass is 251 g/mol. The number of rotatable bonds is 4. The number of carbonyl (C=O) groups is 2. The number of amides is 1. The molecule has 0 saturated heterocycles. The summed E-state index contributed by atoms with van der Waals surface area (Å²) >= 11 is 0. The van der Waals surface area contributed by atoms with E-state index in [9.17, 15) is 9.59 Å². The number of carboxylic acid groups (broad SMARTS) is 1. The van der Waals surface area contributed by atoms with Gasteiger partial charge in [0.15, 0.2) is 0 Å². The van der Waals surface area contributed by atoms with E-state index in [0.717, 1.165) is 22.3 Å². The van der Waals surface area contributed by atoms with Gasteiger partial charge in [0.05, 0.1) is 0 Å². The molecule has 2 N–H and O–H groups in total. The van der Waals surface area contributed by atoms with Crippen LogP contribution in [0.3, 0.4) is 0 Å². The highest BCUT2D eigenvalue weighted by molar-refractivity contribution is 5.76. The van der Waals surface area contributed by atoms with Crippen LogP contribution < -0.4 is 5.32 Å². The number of aliphatic carboxylic acids is 1. The summed E-state index contributed by atoms with van der Waals surface area (Å²) in [5.41, 5.74) is 4.22. The number of ether oxygens (including phenoxy) is 1. The van der Waals surface area contributed by atoms with Crippen LogP contribution >= 0.6 is 0 Å². The Kier molecular flexibility index (Phi) is 4.71. The first-order chi connectivity index (χ1) is 8.40. The molecule has 98 valence electrons. The van der Waals surface area contributed by atoms with E-state index in [1.807, 2.05) is 32.9 Å². The molecule has 0 spiro atoms. The van der Waals surface area contributed by atoms with Crippen molar-refractivity contribution in [1.82, 2.24) is 5.32 Å². The topological polar surface area (TPSA) is 75.6 Å². The summed E-state index contributed by atoms with van der Waals surface area (Å²) in [5, 5.41) is 10.5. The van der Waals surface area contributed by atoms with Crippen LogP contribution in [0, 0.1) is 20.8 Å². The predicted octanol–water partition coefficient (Wildman–Crippen LogP) is 1.92. The molecule has 0 radical (unpaired) electrons. The molecule has 0 fully saturated rings. The summed E-state index contributed by atoms with van der Waals surface area (Å²) in [4.78, 5) is 21.5. The van der Waals surface area contributed by atoms with E-state index < -0.39 is 18.6 Å². The fraction of sp³-hybridized carbons (Fsp3) is 0.385. The van der Waals surface area contributed by atoms with Crippen LogP contribution in [0.1, 0.15) is 22.3 Å². The van der Waals surface area contributed by atoms with Crippen molar-refractivity contribution in [3.8, 4) is 0 Å². The van der Waals surface area contributed by atoms with Crippen LogP contribution in [0.2, 0.25) is 0 Å². The molecule has 1 amide bonds. The first kappa shape index (κ1) is 14.0. The van der Waals surface area contributed by atoms with E-state index in [-0.39, 0.29) is 6.61 Å². The summed E-state index contributed by atoms with van der Waals surface area (Å²) in [5.74, 6) is -1.10. The van der Waals surface area contributed by atoms with Crippen LogP contribution in [0.25, 0.3) is 0 Å². The maximum Gasteiger partial charge on any atom is 0.407 e. The van der Waals surface area contributed by atoms with E-state index in [2.05, 4.69) is 5.32 Å². The number of benzene rings is 1. The van der Waals surface area contributed by atoms with Gasteiger partial charge in [-0.2, -0.15) is 0 Å². The van der Waals surface area contributed by atoms with Crippen LogP contribution in [0.4, 0.5) is 4.79 Å². The van der Waals surface area contributed by atoms with E-state index in [1.165, 1.54) is 0 Å². The van der Waals surface area contributed by atoms with Gasteiger partial charge < -0.3 is 15.2 Å². The van der Waals surface area contributed by atoms with Crippen molar-refractivity contribution in [2.24, 2.45) is 0 Å². The van der Waals surface area contributed by atoms with Gasteiger partial charge in [-0.3, -0.25) is 4.79 Å². The highest BCUT2D eigenvalue weighted by atomic mass is 16.5. The minimum atomic E-state index is -1.10. The molecule has 0 aliphatic rings. The maximum atomic E-state index is 11.2. The summed E-state index contributed by atoms with van der Waals surface area (Å²) in [7, 11) is 0. The van der Waals surface area contributed by atoms with Crippen LogP contribution in [0.5, 0.6) is 0 Å². The standard InChI is InChI=1S/C13H17NO4/c1-8-4-9(2)11(10(3)5-8)7-18-13(17)14-6-12(15)16/h4-5H,6-7H2,1-3H3,(H,14,17)(H,15,16). The lowest BCUT2D eigenvalue weighted by Crippen LogP contribution is -2.29. The van der Waals surface area contributed by atoms with Crippen molar-refractivity contribution >= 4 is 12.1 Å². The van der Waals surface area contributed by atoms with Crippen molar-refractivity contribution in [3.63, 3.8) is 0 Å². The predicted molar refractivity (Wildman–Crippen MR) is 66.5 cm³/mol. The smallest absolute Gasteiger partial charge is 0.407 e. The zero-order valence-electron chi connectivity index (χ0n) is 10.7. The van der Waals surface area contributed by atoms with Crippen molar-refractivity contribution in [1.29, 1.82) is 0 Å². The van der Waals surface area contributed by atoms with Crippen molar-refractivity contribution in [2.75, 3.05) is 6.54 Å². The molecule has 1 aromatic rings. The minimum absolute atomic E-state index is 0.142. The normalized spacial score (nSPS) is 9.94. The Labute approximate surface area is 106 Å². The van der Waals surface area contributed by atoms with Gasteiger partial charge in [-0.15, -0.1) is 0 Å². The zero-order chi connectivity index (χ0) is 13.7. The lowest BCUT2D eigenvalue weighted by atomic mass is 10.0. The molecule has 0 aliphatic heterocycles. The molecule has 0 aliphatic carbocycles. The molecule has 18 heavy (non-hydrogen) atoms. The Balaban J connectivity index is 2.58. The number of carboxylic acids is 1. The minimum Gasteiger partial charge on any atom is -0.480 e. The van der Waals surface area contributed by atoms with E-state index in [4.69, 9.17) is 9.84 Å². The Morgan fingerprint density at radius 1 is 1.22 bits per heavy atom. The largest absolute Gasteiger partial charge is 0.480 e. The van der Waals surface area contributed by atoms with Gasteiger partial charge in [-0.05, 0) is 37.5 Å². The van der Waals surface area contributed by atoms with Crippen LogP contribution in [-0.4, -0.2) is 23.7 Å². The molecular formula is C13H17NO4. The third-order valence-corrected chi connectivity index (χ3v) is 2.57. The number of alkyl carbamates (subject to hydrolysis) is 1. The Hall–Kier alpha value is -2.04. The molecule has 0 bridgehead atoms. The number of nitrogens with one attached hydrogen (secondary N) is 1. The maximum absolute atomic E-state index is 11.2. The van der Waals surface area contributed by atoms with Crippen LogP contribution in [-0.2, 0) is 16.1 Å². The lowest BCUT2D eigenvalue weighted by Gasteiger charge is -2.12. The van der Waals surface area contributed by atoms with Gasteiger partial charge in [-0.1, -0.05) is 17.7 Å². The average molecular weight is 251 g/mol. The number of carbonyl (C=O) groups excluding carboxylic acids is 1. The first-order valence-electron chi connectivity index (χ1n) is 5.59. The highest BCUT2D eigenvalue weighted by Gasteiger charge is 2.08. The molecular weight excluding hydrogens is 234 g/mol. The molecule has 5 heteroatoms. The second-order valence-corrected chi connectivity index (χ2v) is 4.20. The third-order valence-electron chi connectivity index (χ3n) is 2.57. The van der Waals surface area contributed by atoms with E-state index >= 15 is 0 Å². The van der Waals surface area contributed by atoms with Gasteiger partial charge in [0.1, 0.15) is 13.2 Å². The summed E-state index contributed by atoms with van der Waals surface area (Å²) in [6.45, 7) is 5.61. The van der Waals surface area contributed by atoms with Crippen molar-refractivity contribution < 1.29 is 19.4 Å². The highest BCUT2D eigenvalue weighted by Crippen LogP contribution is 2.17. The van der Waals surface area contributed by atoms with Gasteiger partial charge in [-0.25, -0.2) is 4.79 Å². The number of hydrogen-bond acceptors (Lipinski definition) is 3.